The van der Waals surface area contributed by atoms with Crippen LogP contribution in [0.5, 0.6) is 5.75 Å². The Morgan fingerprint density at radius 1 is 1.24 bits per heavy atom. The van der Waals surface area contributed by atoms with Gasteiger partial charge in [0.15, 0.2) is 0 Å². The number of carbonyl (C=O) groups excluding carboxylic acids is 1. The van der Waals surface area contributed by atoms with E-state index < -0.39 is 0 Å². The minimum atomic E-state index is -0.119. The van der Waals surface area contributed by atoms with Gasteiger partial charge in [0, 0.05) is 30.9 Å². The normalized spacial score (nSPS) is 16.1. The molecule has 1 atom stereocenters. The van der Waals surface area contributed by atoms with Gasteiger partial charge in [-0.15, -0.1) is 0 Å². The molecule has 2 N–H and O–H groups in total. The molecule has 0 saturated carbocycles. The number of nitrogens with zero attached hydrogens (tertiary/aromatic N) is 2. The van der Waals surface area contributed by atoms with E-state index >= 15 is 0 Å². The van der Waals surface area contributed by atoms with Gasteiger partial charge in [-0.25, -0.2) is 0 Å². The molecule has 1 aromatic heterocycles. The van der Waals surface area contributed by atoms with Crippen LogP contribution < -0.4 is 15.0 Å². The van der Waals surface area contributed by atoms with Crippen molar-refractivity contribution in [1.82, 2.24) is 15.5 Å². The number of aromatic nitrogens is 2. The zero-order valence-electron chi connectivity index (χ0n) is 16.8. The number of H-pyrrole nitrogens is 1. The van der Waals surface area contributed by atoms with E-state index in [-0.39, 0.29) is 5.91 Å². The number of para-hydroxylation sites is 1. The standard InChI is InChI=1S/C23H26N4O2/c1-16-5-3-4-6-22(16)27-12-11-17(15-27)14-24-23(28)21-13-20(25-26-21)18-7-9-19(29-2)10-8-18/h3-10,13,17H,11-12,14-15H2,1-2H3,(H,24,28)(H,25,26). The van der Waals surface area contributed by atoms with Crippen LogP contribution in [0.15, 0.2) is 54.6 Å². The van der Waals surface area contributed by atoms with Crippen LogP contribution >= 0.6 is 0 Å². The Balaban J connectivity index is 1.32. The molecule has 0 bridgehead atoms. The van der Waals surface area contributed by atoms with Gasteiger partial charge in [-0.2, -0.15) is 5.10 Å². The van der Waals surface area contributed by atoms with E-state index in [4.69, 9.17) is 4.74 Å². The van der Waals surface area contributed by atoms with Gasteiger partial charge in [0.1, 0.15) is 11.4 Å². The van der Waals surface area contributed by atoms with Crippen LogP contribution in [-0.2, 0) is 0 Å². The van der Waals surface area contributed by atoms with Crippen molar-refractivity contribution in [1.29, 1.82) is 0 Å². The third-order valence-electron chi connectivity index (χ3n) is 5.50. The zero-order valence-corrected chi connectivity index (χ0v) is 16.8. The highest BCUT2D eigenvalue weighted by Gasteiger charge is 2.24. The van der Waals surface area contributed by atoms with Crippen LogP contribution in [0.25, 0.3) is 11.3 Å². The number of amides is 1. The monoisotopic (exact) mass is 390 g/mol. The molecule has 1 aliphatic rings. The maximum atomic E-state index is 12.5. The fourth-order valence-electron chi connectivity index (χ4n) is 3.82. The van der Waals surface area contributed by atoms with Gasteiger partial charge in [0.2, 0.25) is 0 Å². The number of aromatic amines is 1. The van der Waals surface area contributed by atoms with Crippen molar-refractivity contribution in [2.75, 3.05) is 31.6 Å². The molecule has 29 heavy (non-hydrogen) atoms. The summed E-state index contributed by atoms with van der Waals surface area (Å²) < 4.78 is 5.18. The van der Waals surface area contributed by atoms with Crippen molar-refractivity contribution in [3.8, 4) is 17.0 Å². The summed E-state index contributed by atoms with van der Waals surface area (Å²) in [6, 6.07) is 17.8. The van der Waals surface area contributed by atoms with Gasteiger partial charge < -0.3 is 15.0 Å². The summed E-state index contributed by atoms with van der Waals surface area (Å²) in [5.74, 6) is 1.12. The van der Waals surface area contributed by atoms with Crippen molar-refractivity contribution in [3.63, 3.8) is 0 Å². The first-order valence-electron chi connectivity index (χ1n) is 9.92. The highest BCUT2D eigenvalue weighted by atomic mass is 16.5. The molecule has 0 radical (unpaired) electrons. The summed E-state index contributed by atoms with van der Waals surface area (Å²) in [4.78, 5) is 14.9. The molecule has 1 saturated heterocycles. The Hall–Kier alpha value is -3.28. The van der Waals surface area contributed by atoms with E-state index in [1.165, 1.54) is 11.3 Å². The van der Waals surface area contributed by atoms with Crippen molar-refractivity contribution in [2.45, 2.75) is 13.3 Å². The topological polar surface area (TPSA) is 70.2 Å². The molecule has 0 spiro atoms. The summed E-state index contributed by atoms with van der Waals surface area (Å²) in [6.07, 6.45) is 1.08. The number of carbonyl (C=O) groups is 1. The van der Waals surface area contributed by atoms with E-state index in [1.54, 1.807) is 13.2 Å². The fraction of sp³-hybridized carbons (Fsp3) is 0.304. The molecule has 1 amide bonds. The second-order valence-corrected chi connectivity index (χ2v) is 7.49. The lowest BCUT2D eigenvalue weighted by Crippen LogP contribution is -2.31. The van der Waals surface area contributed by atoms with Crippen LogP contribution in [0.4, 0.5) is 5.69 Å². The number of aryl methyl sites for hydroxylation is 1. The molecule has 3 aromatic rings. The molecule has 6 nitrogen and oxygen atoms in total. The molecule has 6 heteroatoms. The third kappa shape index (κ3) is 4.26. The second-order valence-electron chi connectivity index (χ2n) is 7.49. The number of hydrogen-bond donors (Lipinski definition) is 2. The number of rotatable bonds is 6. The minimum absolute atomic E-state index is 0.119. The third-order valence-corrected chi connectivity index (χ3v) is 5.50. The lowest BCUT2D eigenvalue weighted by Gasteiger charge is -2.21. The molecular formula is C23H26N4O2. The van der Waals surface area contributed by atoms with Crippen LogP contribution in [-0.4, -0.2) is 42.8 Å². The number of benzene rings is 2. The maximum Gasteiger partial charge on any atom is 0.269 e. The van der Waals surface area contributed by atoms with Gasteiger partial charge in [-0.1, -0.05) is 18.2 Å². The molecular weight excluding hydrogens is 364 g/mol. The number of methoxy groups -OCH3 is 1. The molecule has 1 unspecified atom stereocenters. The van der Waals surface area contributed by atoms with Crippen LogP contribution in [0.2, 0.25) is 0 Å². The van der Waals surface area contributed by atoms with Crippen LogP contribution in [0.1, 0.15) is 22.5 Å². The summed E-state index contributed by atoms with van der Waals surface area (Å²) >= 11 is 0. The molecule has 2 heterocycles. The Bertz CT molecular complexity index is 981. The predicted molar refractivity (Wildman–Crippen MR) is 114 cm³/mol. The molecule has 4 rings (SSSR count). The summed E-state index contributed by atoms with van der Waals surface area (Å²) in [7, 11) is 1.64. The van der Waals surface area contributed by atoms with Gasteiger partial charge in [-0.05, 0) is 61.2 Å². The highest BCUT2D eigenvalue weighted by molar-refractivity contribution is 5.93. The largest absolute Gasteiger partial charge is 0.497 e. The Morgan fingerprint density at radius 3 is 2.79 bits per heavy atom. The quantitative estimate of drug-likeness (QED) is 0.674. The average molecular weight is 390 g/mol. The van der Waals surface area contributed by atoms with Gasteiger partial charge in [0.25, 0.3) is 5.91 Å². The van der Waals surface area contributed by atoms with E-state index in [0.717, 1.165) is 36.5 Å². The van der Waals surface area contributed by atoms with Crippen LogP contribution in [0, 0.1) is 12.8 Å². The first kappa shape index (κ1) is 19.1. The molecule has 1 fully saturated rings. The van der Waals surface area contributed by atoms with E-state index in [0.29, 0.717) is 18.2 Å². The molecule has 1 aliphatic heterocycles. The first-order chi connectivity index (χ1) is 14.1. The van der Waals surface area contributed by atoms with Crippen LogP contribution in [0.3, 0.4) is 0 Å². The summed E-state index contributed by atoms with van der Waals surface area (Å²) in [5, 5.41) is 10.2. The van der Waals surface area contributed by atoms with E-state index in [9.17, 15) is 4.79 Å². The van der Waals surface area contributed by atoms with E-state index in [1.807, 2.05) is 24.3 Å². The molecule has 150 valence electrons. The minimum Gasteiger partial charge on any atom is -0.497 e. The Morgan fingerprint density at radius 2 is 2.03 bits per heavy atom. The van der Waals surface area contributed by atoms with Gasteiger partial charge in [-0.3, -0.25) is 9.89 Å². The number of anilines is 1. The van der Waals surface area contributed by atoms with Gasteiger partial charge in [0.05, 0.1) is 12.8 Å². The van der Waals surface area contributed by atoms with Crippen molar-refractivity contribution in [3.05, 3.63) is 65.9 Å². The van der Waals surface area contributed by atoms with Crippen molar-refractivity contribution in [2.24, 2.45) is 5.92 Å². The highest BCUT2D eigenvalue weighted by Crippen LogP contribution is 2.26. The molecule has 2 aromatic carbocycles. The number of ether oxygens (including phenoxy) is 1. The lowest BCUT2D eigenvalue weighted by molar-refractivity contribution is 0.0943. The zero-order chi connectivity index (χ0) is 20.2. The SMILES string of the molecule is COc1ccc(-c2cc(C(=O)NCC3CCN(c4ccccc4C)C3)[nH]n2)cc1. The average Bonchev–Trinajstić information content (AvgIpc) is 3.42. The predicted octanol–water partition coefficient (Wildman–Crippen LogP) is 3.65. The number of hydrogen-bond acceptors (Lipinski definition) is 4. The second kappa shape index (κ2) is 8.39. The Labute approximate surface area is 170 Å². The number of nitrogens with one attached hydrogen (secondary N) is 2. The summed E-state index contributed by atoms with van der Waals surface area (Å²) in [5.41, 5.74) is 4.74. The smallest absolute Gasteiger partial charge is 0.269 e. The van der Waals surface area contributed by atoms with Crippen molar-refractivity contribution >= 4 is 11.6 Å². The first-order valence-corrected chi connectivity index (χ1v) is 9.92. The summed E-state index contributed by atoms with van der Waals surface area (Å²) in [6.45, 7) is 4.80. The fourth-order valence-corrected chi connectivity index (χ4v) is 3.82. The van der Waals surface area contributed by atoms with Gasteiger partial charge >= 0.3 is 0 Å². The Kier molecular flexibility index (Phi) is 5.51. The maximum absolute atomic E-state index is 12.5. The van der Waals surface area contributed by atoms with Crippen molar-refractivity contribution < 1.29 is 9.53 Å². The molecule has 0 aliphatic carbocycles. The van der Waals surface area contributed by atoms with E-state index in [2.05, 4.69) is 51.6 Å². The lowest BCUT2D eigenvalue weighted by atomic mass is 10.1.